The maximum absolute atomic E-state index is 11.5. The van der Waals surface area contributed by atoms with Gasteiger partial charge in [-0.2, -0.15) is 0 Å². The Hall–Kier alpha value is -0.610. The van der Waals surface area contributed by atoms with Crippen LogP contribution in [0.25, 0.3) is 0 Å². The molecule has 17 heavy (non-hydrogen) atoms. The summed E-state index contributed by atoms with van der Waals surface area (Å²) in [7, 11) is 0. The van der Waals surface area contributed by atoms with Crippen molar-refractivity contribution in [2.45, 2.75) is 71.6 Å². The van der Waals surface area contributed by atoms with Crippen molar-refractivity contribution in [3.05, 3.63) is 0 Å². The van der Waals surface area contributed by atoms with Crippen molar-refractivity contribution in [3.8, 4) is 0 Å². The molecule has 1 amide bonds. The van der Waals surface area contributed by atoms with Crippen LogP contribution in [0.1, 0.15) is 54.4 Å². The lowest BCUT2D eigenvalue weighted by Gasteiger charge is -2.33. The molecule has 0 aromatic carbocycles. The maximum Gasteiger partial charge on any atom is 0.237 e. The molecule has 0 radical (unpaired) electrons. The van der Waals surface area contributed by atoms with E-state index in [1.807, 2.05) is 34.6 Å². The molecule has 0 saturated carbocycles. The number of ether oxygens (including phenoxy) is 1. The van der Waals surface area contributed by atoms with Crippen LogP contribution in [-0.4, -0.2) is 29.7 Å². The van der Waals surface area contributed by atoms with Crippen molar-refractivity contribution in [2.75, 3.05) is 6.54 Å². The van der Waals surface area contributed by atoms with Gasteiger partial charge < -0.3 is 15.8 Å². The minimum absolute atomic E-state index is 0.0168. The quantitative estimate of drug-likeness (QED) is 0.718. The van der Waals surface area contributed by atoms with Gasteiger partial charge in [-0.05, 0) is 47.6 Å². The molecule has 3 N–H and O–H groups in total. The van der Waals surface area contributed by atoms with Crippen LogP contribution < -0.4 is 11.1 Å². The van der Waals surface area contributed by atoms with E-state index in [9.17, 15) is 4.79 Å². The second kappa shape index (κ2) is 6.36. The topological polar surface area (TPSA) is 64.3 Å². The molecule has 0 rings (SSSR count). The number of hydrogen-bond donors (Lipinski definition) is 2. The summed E-state index contributed by atoms with van der Waals surface area (Å²) in [5.74, 6) is -0.324. The third-order valence-corrected chi connectivity index (χ3v) is 2.56. The van der Waals surface area contributed by atoms with Crippen LogP contribution in [0, 0.1) is 0 Å². The second-order valence-corrected chi connectivity index (χ2v) is 5.87. The zero-order valence-electron chi connectivity index (χ0n) is 12.1. The number of hydrogen-bond acceptors (Lipinski definition) is 3. The largest absolute Gasteiger partial charge is 0.373 e. The van der Waals surface area contributed by atoms with Gasteiger partial charge in [0.15, 0.2) is 0 Å². The van der Waals surface area contributed by atoms with Crippen molar-refractivity contribution in [2.24, 2.45) is 5.73 Å². The molecule has 4 nitrogen and oxygen atoms in total. The van der Waals surface area contributed by atoms with Gasteiger partial charge in [0.1, 0.15) is 0 Å². The van der Waals surface area contributed by atoms with Crippen molar-refractivity contribution in [1.82, 2.24) is 5.32 Å². The Morgan fingerprint density at radius 2 is 1.88 bits per heavy atom. The van der Waals surface area contributed by atoms with Gasteiger partial charge >= 0.3 is 0 Å². The number of nitrogens with two attached hydrogens (primary N) is 1. The monoisotopic (exact) mass is 244 g/mol. The summed E-state index contributed by atoms with van der Waals surface area (Å²) < 4.78 is 5.82. The fourth-order valence-electron chi connectivity index (χ4n) is 1.88. The van der Waals surface area contributed by atoms with Gasteiger partial charge in [0.25, 0.3) is 0 Å². The lowest BCUT2D eigenvalue weighted by Crippen LogP contribution is -2.55. The maximum atomic E-state index is 11.5. The molecule has 0 bridgehead atoms. The molecule has 0 aromatic heterocycles. The Bertz CT molecular complexity index is 248. The average molecular weight is 244 g/mol. The first-order valence-corrected chi connectivity index (χ1v) is 6.33. The zero-order chi connectivity index (χ0) is 13.7. The summed E-state index contributed by atoms with van der Waals surface area (Å²) >= 11 is 0. The van der Waals surface area contributed by atoms with Crippen LogP contribution in [0.15, 0.2) is 0 Å². The minimum Gasteiger partial charge on any atom is -0.373 e. The SMILES string of the molecule is CCCNC(C)(CC(C)OC(C)(C)C)C(N)=O. The van der Waals surface area contributed by atoms with Crippen LogP contribution in [0.5, 0.6) is 0 Å². The Morgan fingerprint density at radius 3 is 2.24 bits per heavy atom. The van der Waals surface area contributed by atoms with Gasteiger partial charge in [-0.3, -0.25) is 4.79 Å². The van der Waals surface area contributed by atoms with Crippen molar-refractivity contribution in [1.29, 1.82) is 0 Å². The number of rotatable bonds is 7. The summed E-state index contributed by atoms with van der Waals surface area (Å²) in [5.41, 5.74) is 4.57. The molecule has 102 valence electrons. The van der Waals surface area contributed by atoms with E-state index in [1.54, 1.807) is 0 Å². The fourth-order valence-corrected chi connectivity index (χ4v) is 1.88. The highest BCUT2D eigenvalue weighted by atomic mass is 16.5. The lowest BCUT2D eigenvalue weighted by molar-refractivity contribution is -0.127. The van der Waals surface area contributed by atoms with E-state index >= 15 is 0 Å². The van der Waals surface area contributed by atoms with Gasteiger partial charge in [-0.15, -0.1) is 0 Å². The number of carbonyl (C=O) groups excluding carboxylic acids is 1. The van der Waals surface area contributed by atoms with Crippen LogP contribution in [-0.2, 0) is 9.53 Å². The lowest BCUT2D eigenvalue weighted by atomic mass is 9.93. The minimum atomic E-state index is -0.694. The van der Waals surface area contributed by atoms with E-state index < -0.39 is 5.54 Å². The Labute approximate surface area is 105 Å². The first kappa shape index (κ1) is 16.4. The molecule has 0 saturated heterocycles. The predicted octanol–water partition coefficient (Wildman–Crippen LogP) is 1.82. The molecule has 4 heteroatoms. The highest BCUT2D eigenvalue weighted by Crippen LogP contribution is 2.19. The average Bonchev–Trinajstić information content (AvgIpc) is 2.11. The van der Waals surface area contributed by atoms with E-state index in [-0.39, 0.29) is 17.6 Å². The van der Waals surface area contributed by atoms with Gasteiger partial charge in [-0.25, -0.2) is 0 Å². The number of amides is 1. The first-order chi connectivity index (χ1) is 7.60. The number of nitrogens with one attached hydrogen (secondary N) is 1. The molecule has 0 aliphatic heterocycles. The highest BCUT2D eigenvalue weighted by Gasteiger charge is 2.33. The van der Waals surface area contributed by atoms with E-state index in [0.29, 0.717) is 6.42 Å². The van der Waals surface area contributed by atoms with Crippen LogP contribution in [0.3, 0.4) is 0 Å². The van der Waals surface area contributed by atoms with E-state index in [2.05, 4.69) is 12.2 Å². The Morgan fingerprint density at radius 1 is 1.35 bits per heavy atom. The summed E-state index contributed by atoms with van der Waals surface area (Å²) in [4.78, 5) is 11.5. The molecule has 0 spiro atoms. The standard InChI is InChI=1S/C13H28N2O2/c1-7-8-15-13(6,11(14)16)9-10(2)17-12(3,4)5/h10,15H,7-9H2,1-6H3,(H2,14,16). The molecular formula is C13H28N2O2. The highest BCUT2D eigenvalue weighted by molar-refractivity contribution is 5.84. The molecule has 0 heterocycles. The summed E-state index contributed by atoms with van der Waals surface area (Å²) in [5, 5.41) is 3.21. The molecule has 0 fully saturated rings. The zero-order valence-corrected chi connectivity index (χ0v) is 12.1. The van der Waals surface area contributed by atoms with Crippen molar-refractivity contribution in [3.63, 3.8) is 0 Å². The van der Waals surface area contributed by atoms with Gasteiger partial charge in [-0.1, -0.05) is 6.92 Å². The molecule has 0 aliphatic rings. The Kier molecular flexibility index (Phi) is 6.13. The van der Waals surface area contributed by atoms with Crippen molar-refractivity contribution >= 4 is 5.91 Å². The number of primary amides is 1. The molecule has 2 unspecified atom stereocenters. The van der Waals surface area contributed by atoms with Gasteiger partial charge in [0.2, 0.25) is 5.91 Å². The molecular weight excluding hydrogens is 216 g/mol. The second-order valence-electron chi connectivity index (χ2n) is 5.87. The third-order valence-electron chi connectivity index (χ3n) is 2.56. The van der Waals surface area contributed by atoms with Gasteiger partial charge in [0.05, 0.1) is 17.2 Å². The van der Waals surface area contributed by atoms with E-state index in [1.165, 1.54) is 0 Å². The van der Waals surface area contributed by atoms with Crippen LogP contribution >= 0.6 is 0 Å². The smallest absolute Gasteiger partial charge is 0.237 e. The predicted molar refractivity (Wildman–Crippen MR) is 70.8 cm³/mol. The van der Waals surface area contributed by atoms with E-state index in [4.69, 9.17) is 10.5 Å². The summed E-state index contributed by atoms with van der Waals surface area (Å²) in [6.45, 7) is 12.7. The molecule has 0 aliphatic carbocycles. The first-order valence-electron chi connectivity index (χ1n) is 6.33. The fraction of sp³-hybridized carbons (Fsp3) is 0.923. The summed E-state index contributed by atoms with van der Waals surface area (Å²) in [6.07, 6.45) is 1.54. The molecule has 2 atom stereocenters. The van der Waals surface area contributed by atoms with Crippen molar-refractivity contribution < 1.29 is 9.53 Å². The molecule has 0 aromatic rings. The third kappa shape index (κ3) is 6.64. The number of carbonyl (C=O) groups is 1. The van der Waals surface area contributed by atoms with E-state index in [0.717, 1.165) is 13.0 Å². The normalized spacial score (nSPS) is 17.5. The summed E-state index contributed by atoms with van der Waals surface area (Å²) in [6, 6.07) is 0. The van der Waals surface area contributed by atoms with Crippen LogP contribution in [0.2, 0.25) is 0 Å². The Balaban J connectivity index is 4.49. The van der Waals surface area contributed by atoms with Crippen LogP contribution in [0.4, 0.5) is 0 Å². The van der Waals surface area contributed by atoms with Gasteiger partial charge in [0, 0.05) is 6.42 Å².